The molecule has 0 spiro atoms. The quantitative estimate of drug-likeness (QED) is 0.121. The van der Waals surface area contributed by atoms with Gasteiger partial charge in [-0.1, -0.05) is 86.1 Å². The van der Waals surface area contributed by atoms with Crippen LogP contribution in [0.4, 0.5) is 0 Å². The number of aromatic hydroxyl groups is 4. The van der Waals surface area contributed by atoms with Gasteiger partial charge in [-0.05, 0) is 155 Å². The standard InChI is InChI=1S/C45H60O4/c1-24(2)34-20-38(28(9)16-42(34)46)32(39-21-35(25(3)4)43(47)17-29(39)10)14-13-15-33(40-22-36(26(5)6)44(48)18-30(40)11)41-23-37(27(7)8)45(49)19-31(41)12/h16-27,32-33,46-49H,13-15H2,1-12H3. The Bertz CT molecular complexity index is 1540. The van der Waals surface area contributed by atoms with Gasteiger partial charge in [0.25, 0.3) is 0 Å². The first-order valence-corrected chi connectivity index (χ1v) is 18.3. The van der Waals surface area contributed by atoms with Crippen molar-refractivity contribution < 1.29 is 20.4 Å². The highest BCUT2D eigenvalue weighted by molar-refractivity contribution is 5.53. The van der Waals surface area contributed by atoms with Gasteiger partial charge in [0, 0.05) is 11.8 Å². The summed E-state index contributed by atoms with van der Waals surface area (Å²) >= 11 is 0. The highest BCUT2D eigenvalue weighted by atomic mass is 16.3. The summed E-state index contributed by atoms with van der Waals surface area (Å²) in [6.45, 7) is 25.3. The lowest BCUT2D eigenvalue weighted by atomic mass is 9.77. The van der Waals surface area contributed by atoms with Gasteiger partial charge in [-0.25, -0.2) is 0 Å². The number of phenols is 4. The van der Waals surface area contributed by atoms with E-state index in [1.54, 1.807) is 0 Å². The lowest BCUT2D eigenvalue weighted by molar-refractivity contribution is 0.462. The molecule has 4 heteroatoms. The lowest BCUT2D eigenvalue weighted by Crippen LogP contribution is -2.11. The van der Waals surface area contributed by atoms with Crippen molar-refractivity contribution in [1.82, 2.24) is 0 Å². The van der Waals surface area contributed by atoms with Crippen LogP contribution in [0.15, 0.2) is 48.5 Å². The van der Waals surface area contributed by atoms with Crippen LogP contribution in [0.1, 0.15) is 177 Å². The Kier molecular flexibility index (Phi) is 11.8. The van der Waals surface area contributed by atoms with E-state index in [1.807, 2.05) is 24.3 Å². The predicted octanol–water partition coefficient (Wildman–Crippen LogP) is 12.4. The minimum atomic E-state index is 0.0659. The molecule has 0 heterocycles. The molecule has 0 fully saturated rings. The summed E-state index contributed by atoms with van der Waals surface area (Å²) in [6.07, 6.45) is 2.68. The zero-order valence-electron chi connectivity index (χ0n) is 32.0. The summed E-state index contributed by atoms with van der Waals surface area (Å²) < 4.78 is 0. The Hall–Kier alpha value is -3.92. The first kappa shape index (κ1) is 37.9. The topological polar surface area (TPSA) is 80.9 Å². The third kappa shape index (κ3) is 8.11. The van der Waals surface area contributed by atoms with Crippen LogP contribution < -0.4 is 0 Å². The van der Waals surface area contributed by atoms with Crippen LogP contribution in [0, 0.1) is 27.7 Å². The first-order chi connectivity index (χ1) is 22.9. The summed E-state index contributed by atoms with van der Waals surface area (Å²) in [5, 5.41) is 43.6. The van der Waals surface area contributed by atoms with E-state index in [2.05, 4.69) is 107 Å². The van der Waals surface area contributed by atoms with E-state index in [0.717, 1.165) is 63.8 Å². The third-order valence-corrected chi connectivity index (χ3v) is 10.6. The van der Waals surface area contributed by atoms with Crippen molar-refractivity contribution in [3.63, 3.8) is 0 Å². The van der Waals surface area contributed by atoms with Crippen LogP contribution >= 0.6 is 0 Å². The van der Waals surface area contributed by atoms with Crippen molar-refractivity contribution >= 4 is 0 Å². The number of rotatable bonds is 12. The maximum Gasteiger partial charge on any atom is 0.119 e. The highest BCUT2D eigenvalue weighted by Gasteiger charge is 2.26. The molecule has 4 N–H and O–H groups in total. The minimum absolute atomic E-state index is 0.0659. The van der Waals surface area contributed by atoms with E-state index in [4.69, 9.17) is 0 Å². The molecule has 49 heavy (non-hydrogen) atoms. The zero-order chi connectivity index (χ0) is 36.5. The average Bonchev–Trinajstić information content (AvgIpc) is 2.98. The van der Waals surface area contributed by atoms with Crippen molar-refractivity contribution in [2.75, 3.05) is 0 Å². The van der Waals surface area contributed by atoms with Crippen molar-refractivity contribution in [2.45, 2.75) is 138 Å². The molecule has 0 radical (unpaired) electrons. The Morgan fingerprint density at radius 3 is 0.735 bits per heavy atom. The zero-order valence-corrected chi connectivity index (χ0v) is 32.0. The van der Waals surface area contributed by atoms with E-state index in [0.29, 0.717) is 23.0 Å². The lowest BCUT2D eigenvalue weighted by Gasteiger charge is -2.28. The average molecular weight is 665 g/mol. The van der Waals surface area contributed by atoms with Gasteiger partial charge in [-0.3, -0.25) is 0 Å². The van der Waals surface area contributed by atoms with Gasteiger partial charge in [0.2, 0.25) is 0 Å². The molecule has 4 aromatic rings. The third-order valence-electron chi connectivity index (χ3n) is 10.6. The highest BCUT2D eigenvalue weighted by Crippen LogP contribution is 2.44. The van der Waals surface area contributed by atoms with Crippen LogP contribution in [0.5, 0.6) is 23.0 Å². The monoisotopic (exact) mass is 664 g/mol. The maximum atomic E-state index is 10.9. The van der Waals surface area contributed by atoms with Crippen molar-refractivity contribution in [2.24, 2.45) is 0 Å². The summed E-state index contributed by atoms with van der Waals surface area (Å²) in [7, 11) is 0. The molecule has 0 unspecified atom stereocenters. The van der Waals surface area contributed by atoms with Gasteiger partial charge >= 0.3 is 0 Å². The molecular formula is C45H60O4. The molecule has 0 bridgehead atoms. The van der Waals surface area contributed by atoms with Crippen LogP contribution in [-0.4, -0.2) is 20.4 Å². The van der Waals surface area contributed by atoms with Gasteiger partial charge in [0.1, 0.15) is 23.0 Å². The predicted molar refractivity (Wildman–Crippen MR) is 205 cm³/mol. The van der Waals surface area contributed by atoms with Gasteiger partial charge < -0.3 is 20.4 Å². The Balaban J connectivity index is 1.88. The molecule has 0 aliphatic rings. The minimum Gasteiger partial charge on any atom is -0.508 e. The fourth-order valence-corrected chi connectivity index (χ4v) is 7.74. The molecular weight excluding hydrogens is 604 g/mol. The van der Waals surface area contributed by atoms with E-state index >= 15 is 0 Å². The normalized spacial score (nSPS) is 12.1. The second-order valence-electron chi connectivity index (χ2n) is 15.7. The van der Waals surface area contributed by atoms with Crippen molar-refractivity contribution in [3.8, 4) is 23.0 Å². The van der Waals surface area contributed by atoms with Crippen molar-refractivity contribution in [3.05, 3.63) is 115 Å². The Morgan fingerprint density at radius 2 is 0.551 bits per heavy atom. The fourth-order valence-electron chi connectivity index (χ4n) is 7.74. The largest absolute Gasteiger partial charge is 0.508 e. The Morgan fingerprint density at radius 1 is 0.347 bits per heavy atom. The molecule has 4 nitrogen and oxygen atoms in total. The molecule has 264 valence electrons. The van der Waals surface area contributed by atoms with Gasteiger partial charge in [-0.15, -0.1) is 0 Å². The molecule has 0 amide bonds. The SMILES string of the molecule is Cc1cc(O)c(C(C)C)cc1C(CCCC(c1cc(C(C)C)c(O)cc1C)c1cc(C(C)C)c(O)cc1C)c1cc(C(C)C)c(O)cc1C. The molecule has 0 aliphatic heterocycles. The second kappa shape index (κ2) is 15.3. The van der Waals surface area contributed by atoms with E-state index in [-0.39, 0.29) is 35.5 Å². The number of phenolic OH excluding ortho intramolecular Hbond substituents is 4. The Labute approximate surface area is 295 Å². The van der Waals surface area contributed by atoms with Gasteiger partial charge in [0.05, 0.1) is 0 Å². The summed E-state index contributed by atoms with van der Waals surface area (Å²) in [6, 6.07) is 16.5. The van der Waals surface area contributed by atoms with Crippen LogP contribution in [0.3, 0.4) is 0 Å². The number of hydrogen-bond donors (Lipinski definition) is 4. The fraction of sp³-hybridized carbons (Fsp3) is 0.467. The number of benzene rings is 4. The summed E-state index contributed by atoms with van der Waals surface area (Å²) in [5.41, 5.74) is 12.9. The van der Waals surface area contributed by atoms with E-state index in [9.17, 15) is 20.4 Å². The van der Waals surface area contributed by atoms with Gasteiger partial charge in [0.15, 0.2) is 0 Å². The molecule has 0 aromatic heterocycles. The van der Waals surface area contributed by atoms with Crippen LogP contribution in [-0.2, 0) is 0 Å². The summed E-state index contributed by atoms with van der Waals surface area (Å²) in [4.78, 5) is 0. The second-order valence-corrected chi connectivity index (χ2v) is 15.7. The van der Waals surface area contributed by atoms with Gasteiger partial charge in [-0.2, -0.15) is 0 Å². The van der Waals surface area contributed by atoms with E-state index < -0.39 is 0 Å². The van der Waals surface area contributed by atoms with Crippen molar-refractivity contribution in [1.29, 1.82) is 0 Å². The molecule has 0 saturated heterocycles. The molecule has 0 saturated carbocycles. The van der Waals surface area contributed by atoms with Crippen LogP contribution in [0.2, 0.25) is 0 Å². The molecule has 4 rings (SSSR count). The molecule has 0 atom stereocenters. The molecule has 0 aliphatic carbocycles. The number of aryl methyl sites for hydroxylation is 4. The maximum absolute atomic E-state index is 10.9. The summed E-state index contributed by atoms with van der Waals surface area (Å²) in [5.74, 6) is 2.20. The smallest absolute Gasteiger partial charge is 0.119 e. The van der Waals surface area contributed by atoms with E-state index in [1.165, 1.54) is 22.3 Å². The first-order valence-electron chi connectivity index (χ1n) is 18.3. The van der Waals surface area contributed by atoms with Crippen LogP contribution in [0.25, 0.3) is 0 Å². The molecule has 4 aromatic carbocycles. The number of hydrogen-bond acceptors (Lipinski definition) is 4.